The third-order valence-electron chi connectivity index (χ3n) is 4.95. The molecule has 8 heteroatoms. The van der Waals surface area contributed by atoms with Crippen LogP contribution in [0.1, 0.15) is 31.1 Å². The lowest BCUT2D eigenvalue weighted by atomic mass is 10.0. The van der Waals surface area contributed by atoms with Crippen LogP contribution in [-0.2, 0) is 10.0 Å². The van der Waals surface area contributed by atoms with Crippen molar-refractivity contribution in [1.82, 2.24) is 19.5 Å². The standard InChI is InChI=1S/C20H22N4O3S/c1-27-16-10-7-11-17(14-16)28(25,26)24-13-6-5-12-18(24)20-21-19(22-23-20)15-8-3-2-4-9-15/h2-4,7-11,14,18H,5-6,12-13H2,1H3,(H,21,22,23). The van der Waals surface area contributed by atoms with Gasteiger partial charge in [0.25, 0.3) is 0 Å². The third-order valence-corrected chi connectivity index (χ3v) is 6.86. The van der Waals surface area contributed by atoms with Gasteiger partial charge in [0, 0.05) is 18.2 Å². The number of methoxy groups -OCH3 is 1. The number of rotatable bonds is 5. The van der Waals surface area contributed by atoms with Gasteiger partial charge >= 0.3 is 0 Å². The largest absolute Gasteiger partial charge is 0.497 e. The summed E-state index contributed by atoms with van der Waals surface area (Å²) in [4.78, 5) is 4.82. The monoisotopic (exact) mass is 398 g/mol. The molecular formula is C20H22N4O3S. The van der Waals surface area contributed by atoms with E-state index < -0.39 is 10.0 Å². The normalized spacial score (nSPS) is 18.1. The van der Waals surface area contributed by atoms with Gasteiger partial charge < -0.3 is 4.74 Å². The van der Waals surface area contributed by atoms with E-state index in [-0.39, 0.29) is 10.9 Å². The van der Waals surface area contributed by atoms with Gasteiger partial charge in [-0.1, -0.05) is 42.8 Å². The molecule has 1 aliphatic heterocycles. The third kappa shape index (κ3) is 3.53. The van der Waals surface area contributed by atoms with E-state index in [0.717, 1.165) is 18.4 Å². The first kappa shape index (κ1) is 18.6. The molecule has 1 fully saturated rings. The predicted octanol–water partition coefficient (Wildman–Crippen LogP) is 3.40. The Morgan fingerprint density at radius 2 is 1.93 bits per heavy atom. The number of aromatic amines is 1. The molecule has 0 bridgehead atoms. The van der Waals surface area contributed by atoms with Crippen molar-refractivity contribution in [3.63, 3.8) is 0 Å². The van der Waals surface area contributed by atoms with Crippen LogP contribution in [-0.4, -0.2) is 41.6 Å². The fourth-order valence-corrected chi connectivity index (χ4v) is 5.20. The van der Waals surface area contributed by atoms with Crippen molar-refractivity contribution in [2.24, 2.45) is 0 Å². The highest BCUT2D eigenvalue weighted by atomic mass is 32.2. The molecule has 7 nitrogen and oxygen atoms in total. The first-order chi connectivity index (χ1) is 13.6. The van der Waals surface area contributed by atoms with Gasteiger partial charge in [-0.25, -0.2) is 13.4 Å². The highest BCUT2D eigenvalue weighted by Crippen LogP contribution is 2.35. The minimum atomic E-state index is -3.68. The number of hydrogen-bond donors (Lipinski definition) is 1. The van der Waals surface area contributed by atoms with Crippen molar-refractivity contribution in [3.05, 3.63) is 60.4 Å². The van der Waals surface area contributed by atoms with Crippen molar-refractivity contribution in [2.45, 2.75) is 30.2 Å². The summed E-state index contributed by atoms with van der Waals surface area (Å²) < 4.78 is 33.4. The van der Waals surface area contributed by atoms with Crippen LogP contribution in [0.4, 0.5) is 0 Å². The number of ether oxygens (including phenoxy) is 1. The number of nitrogens with one attached hydrogen (secondary N) is 1. The Hall–Kier alpha value is -2.71. The lowest BCUT2D eigenvalue weighted by Gasteiger charge is -2.33. The first-order valence-corrected chi connectivity index (χ1v) is 10.7. The maximum atomic E-state index is 13.3. The summed E-state index contributed by atoms with van der Waals surface area (Å²) in [5, 5.41) is 7.26. The lowest BCUT2D eigenvalue weighted by Crippen LogP contribution is -2.39. The second kappa shape index (κ2) is 7.73. The molecule has 2 heterocycles. The predicted molar refractivity (Wildman–Crippen MR) is 105 cm³/mol. The summed E-state index contributed by atoms with van der Waals surface area (Å²) >= 11 is 0. The SMILES string of the molecule is COc1cccc(S(=O)(=O)N2CCCCC2c2nc(-c3ccccc3)n[nH]2)c1. The summed E-state index contributed by atoms with van der Waals surface area (Å²) in [6, 6.07) is 15.8. The van der Waals surface area contributed by atoms with Crippen molar-refractivity contribution in [2.75, 3.05) is 13.7 Å². The number of H-pyrrole nitrogens is 1. The van der Waals surface area contributed by atoms with Crippen LogP contribution in [0.3, 0.4) is 0 Å². The molecule has 1 saturated heterocycles. The average molecular weight is 398 g/mol. The Morgan fingerprint density at radius 3 is 2.71 bits per heavy atom. The smallest absolute Gasteiger partial charge is 0.243 e. The van der Waals surface area contributed by atoms with Crippen LogP contribution in [0, 0.1) is 0 Å². The van der Waals surface area contributed by atoms with Crippen molar-refractivity contribution >= 4 is 10.0 Å². The highest BCUT2D eigenvalue weighted by molar-refractivity contribution is 7.89. The van der Waals surface area contributed by atoms with Gasteiger partial charge in [0.05, 0.1) is 18.0 Å². The van der Waals surface area contributed by atoms with Crippen LogP contribution in [0.2, 0.25) is 0 Å². The molecule has 1 aliphatic rings. The van der Waals surface area contributed by atoms with Gasteiger partial charge in [0.1, 0.15) is 11.6 Å². The van der Waals surface area contributed by atoms with E-state index in [2.05, 4.69) is 15.2 Å². The molecule has 0 radical (unpaired) electrons. The Balaban J connectivity index is 1.68. The number of hydrogen-bond acceptors (Lipinski definition) is 5. The van der Waals surface area contributed by atoms with E-state index in [1.165, 1.54) is 11.4 Å². The van der Waals surface area contributed by atoms with Gasteiger partial charge in [-0.3, -0.25) is 5.10 Å². The minimum absolute atomic E-state index is 0.224. The summed E-state index contributed by atoms with van der Waals surface area (Å²) in [7, 11) is -2.16. The van der Waals surface area contributed by atoms with E-state index >= 15 is 0 Å². The molecule has 3 aromatic rings. The number of nitrogens with zero attached hydrogens (tertiary/aromatic N) is 3. The number of benzene rings is 2. The Kier molecular flexibility index (Phi) is 5.15. The molecule has 0 aliphatic carbocycles. The molecule has 28 heavy (non-hydrogen) atoms. The Morgan fingerprint density at radius 1 is 1.11 bits per heavy atom. The zero-order chi connectivity index (χ0) is 19.6. The molecule has 1 N–H and O–H groups in total. The number of piperidine rings is 1. The highest BCUT2D eigenvalue weighted by Gasteiger charge is 2.36. The molecule has 1 unspecified atom stereocenters. The van der Waals surface area contributed by atoms with Crippen molar-refractivity contribution in [3.8, 4) is 17.1 Å². The topological polar surface area (TPSA) is 88.2 Å². The van der Waals surface area contributed by atoms with Crippen molar-refractivity contribution in [1.29, 1.82) is 0 Å². The van der Waals surface area contributed by atoms with E-state index in [1.807, 2.05) is 30.3 Å². The molecule has 0 spiro atoms. The van der Waals surface area contributed by atoms with Crippen LogP contribution in [0.5, 0.6) is 5.75 Å². The molecule has 2 aromatic carbocycles. The molecular weight excluding hydrogens is 376 g/mol. The first-order valence-electron chi connectivity index (χ1n) is 9.23. The van der Waals surface area contributed by atoms with E-state index in [9.17, 15) is 8.42 Å². The van der Waals surface area contributed by atoms with Gasteiger partial charge in [0.15, 0.2) is 5.82 Å². The maximum absolute atomic E-state index is 13.3. The van der Waals surface area contributed by atoms with Crippen molar-refractivity contribution < 1.29 is 13.2 Å². The van der Waals surface area contributed by atoms with E-state index in [0.29, 0.717) is 30.4 Å². The summed E-state index contributed by atoms with van der Waals surface area (Å²) in [5.74, 6) is 1.66. The quantitative estimate of drug-likeness (QED) is 0.712. The second-order valence-electron chi connectivity index (χ2n) is 6.72. The van der Waals surface area contributed by atoms with Crippen LogP contribution in [0.25, 0.3) is 11.4 Å². The van der Waals surface area contributed by atoms with E-state index in [1.54, 1.807) is 24.3 Å². The molecule has 0 saturated carbocycles. The fourth-order valence-electron chi connectivity index (χ4n) is 3.50. The maximum Gasteiger partial charge on any atom is 0.243 e. The fraction of sp³-hybridized carbons (Fsp3) is 0.300. The molecule has 4 rings (SSSR count). The Bertz CT molecular complexity index is 1050. The minimum Gasteiger partial charge on any atom is -0.497 e. The van der Waals surface area contributed by atoms with Crippen LogP contribution < -0.4 is 4.74 Å². The second-order valence-corrected chi connectivity index (χ2v) is 8.61. The molecule has 146 valence electrons. The zero-order valence-corrected chi connectivity index (χ0v) is 16.4. The number of sulfonamides is 1. The zero-order valence-electron chi connectivity index (χ0n) is 15.6. The Labute approximate surface area is 164 Å². The summed E-state index contributed by atoms with van der Waals surface area (Å²) in [6.45, 7) is 0.450. The average Bonchev–Trinajstić information content (AvgIpc) is 3.24. The molecule has 1 aromatic heterocycles. The van der Waals surface area contributed by atoms with E-state index in [4.69, 9.17) is 4.74 Å². The van der Waals surface area contributed by atoms with Crippen LogP contribution in [0.15, 0.2) is 59.5 Å². The van der Waals surface area contributed by atoms with Gasteiger partial charge in [-0.2, -0.15) is 9.40 Å². The van der Waals surface area contributed by atoms with Gasteiger partial charge in [-0.15, -0.1) is 0 Å². The number of aromatic nitrogens is 3. The van der Waals surface area contributed by atoms with Gasteiger partial charge in [0.2, 0.25) is 10.0 Å². The lowest BCUT2D eigenvalue weighted by molar-refractivity contribution is 0.247. The van der Waals surface area contributed by atoms with Crippen LogP contribution >= 0.6 is 0 Å². The molecule has 1 atom stereocenters. The molecule has 0 amide bonds. The van der Waals surface area contributed by atoms with Gasteiger partial charge in [-0.05, 0) is 25.0 Å². The summed E-state index contributed by atoms with van der Waals surface area (Å²) in [5.41, 5.74) is 0.892. The summed E-state index contributed by atoms with van der Waals surface area (Å²) in [6.07, 6.45) is 2.46.